The van der Waals surface area contributed by atoms with Gasteiger partial charge in [-0.1, -0.05) is 17.7 Å². The van der Waals surface area contributed by atoms with Crippen molar-refractivity contribution >= 4 is 27.6 Å². The Labute approximate surface area is 81.4 Å². The number of halogens is 1. The minimum Gasteiger partial charge on any atom is -0.731 e. The summed E-state index contributed by atoms with van der Waals surface area (Å²) in [6.07, 6.45) is 0. The molecule has 0 fully saturated rings. The highest BCUT2D eigenvalue weighted by molar-refractivity contribution is 7.87. The van der Waals surface area contributed by atoms with Crippen LogP contribution < -0.4 is 4.72 Å². The van der Waals surface area contributed by atoms with E-state index in [1.54, 1.807) is 19.1 Å². The molecule has 1 N–H and O–H groups in total. The number of hydrogen-bond donors (Lipinski definition) is 1. The van der Waals surface area contributed by atoms with Crippen LogP contribution in [0.3, 0.4) is 0 Å². The van der Waals surface area contributed by atoms with E-state index in [1.807, 2.05) is 4.72 Å². The third kappa shape index (κ3) is 2.87. The van der Waals surface area contributed by atoms with Crippen LogP contribution in [0.5, 0.6) is 0 Å². The molecule has 0 aliphatic rings. The molecule has 6 heteroatoms. The smallest absolute Gasteiger partial charge is 0.181 e. The van der Waals surface area contributed by atoms with Gasteiger partial charge in [-0.25, -0.2) is 8.42 Å². The maximum Gasteiger partial charge on any atom is 0.181 e. The molecule has 0 amide bonds. The summed E-state index contributed by atoms with van der Waals surface area (Å²) >= 11 is 5.71. The fraction of sp³-hybridized carbons (Fsp3) is 0.143. The van der Waals surface area contributed by atoms with Crippen molar-refractivity contribution in [3.63, 3.8) is 0 Å². The van der Waals surface area contributed by atoms with E-state index in [-0.39, 0.29) is 5.69 Å². The van der Waals surface area contributed by atoms with E-state index < -0.39 is 10.3 Å². The van der Waals surface area contributed by atoms with Gasteiger partial charge in [0.25, 0.3) is 0 Å². The van der Waals surface area contributed by atoms with Crippen molar-refractivity contribution < 1.29 is 13.0 Å². The van der Waals surface area contributed by atoms with Crippen LogP contribution in [0.15, 0.2) is 18.2 Å². The summed E-state index contributed by atoms with van der Waals surface area (Å²) < 4.78 is 32.9. The summed E-state index contributed by atoms with van der Waals surface area (Å²) in [4.78, 5) is 0. The highest BCUT2D eigenvalue weighted by Crippen LogP contribution is 2.23. The second-order valence-corrected chi connectivity index (χ2v) is 3.99. The molecule has 0 saturated heterocycles. The van der Waals surface area contributed by atoms with Crippen molar-refractivity contribution in [2.75, 3.05) is 4.72 Å². The molecule has 0 atom stereocenters. The molecule has 0 unspecified atom stereocenters. The summed E-state index contributed by atoms with van der Waals surface area (Å²) in [6.45, 7) is 1.62. The second-order valence-electron chi connectivity index (χ2n) is 2.47. The summed E-state index contributed by atoms with van der Waals surface area (Å²) in [6, 6.07) is 4.64. The third-order valence-electron chi connectivity index (χ3n) is 1.50. The second kappa shape index (κ2) is 3.53. The van der Waals surface area contributed by atoms with Gasteiger partial charge in [-0.15, -0.1) is 0 Å². The molecule has 13 heavy (non-hydrogen) atoms. The summed E-state index contributed by atoms with van der Waals surface area (Å²) in [7, 11) is -4.48. The SMILES string of the molecule is Cc1c(Cl)cccc1NS(=O)(=O)[O-]. The Balaban J connectivity index is 3.10. The van der Waals surface area contributed by atoms with Crippen molar-refractivity contribution in [3.8, 4) is 0 Å². The van der Waals surface area contributed by atoms with Gasteiger partial charge in [-0.05, 0) is 24.6 Å². The van der Waals surface area contributed by atoms with E-state index in [2.05, 4.69) is 0 Å². The first-order valence-corrected chi connectivity index (χ1v) is 5.17. The van der Waals surface area contributed by atoms with Gasteiger partial charge < -0.3 is 4.55 Å². The van der Waals surface area contributed by atoms with Gasteiger partial charge in [0.15, 0.2) is 10.3 Å². The zero-order chi connectivity index (χ0) is 10.1. The molecule has 4 nitrogen and oxygen atoms in total. The lowest BCUT2D eigenvalue weighted by Crippen LogP contribution is -2.11. The molecule has 0 radical (unpaired) electrons. The third-order valence-corrected chi connectivity index (χ3v) is 2.38. The topological polar surface area (TPSA) is 69.2 Å². The number of hydrogen-bond acceptors (Lipinski definition) is 3. The van der Waals surface area contributed by atoms with Crippen LogP contribution >= 0.6 is 11.6 Å². The number of benzene rings is 1. The van der Waals surface area contributed by atoms with Crippen LogP contribution in [0, 0.1) is 6.92 Å². The molecule has 1 aromatic rings. The molecule has 0 aliphatic carbocycles. The minimum atomic E-state index is -4.48. The average molecular weight is 221 g/mol. The molecule has 0 bridgehead atoms. The van der Waals surface area contributed by atoms with Crippen LogP contribution in [-0.4, -0.2) is 13.0 Å². The largest absolute Gasteiger partial charge is 0.731 e. The van der Waals surface area contributed by atoms with Gasteiger partial charge in [0.05, 0.1) is 5.69 Å². The van der Waals surface area contributed by atoms with E-state index in [4.69, 9.17) is 11.6 Å². The Bertz CT molecular complexity index is 416. The van der Waals surface area contributed by atoms with E-state index in [0.29, 0.717) is 10.6 Å². The van der Waals surface area contributed by atoms with Crippen molar-refractivity contribution in [1.82, 2.24) is 0 Å². The number of anilines is 1. The molecule has 72 valence electrons. The summed E-state index contributed by atoms with van der Waals surface area (Å²) in [5.74, 6) is 0. The Kier molecular flexibility index (Phi) is 2.80. The van der Waals surface area contributed by atoms with Crippen LogP contribution in [0.4, 0.5) is 5.69 Å². The molecule has 1 aromatic carbocycles. The summed E-state index contributed by atoms with van der Waals surface area (Å²) in [5, 5.41) is 0.411. The lowest BCUT2D eigenvalue weighted by Gasteiger charge is -2.12. The van der Waals surface area contributed by atoms with Crippen LogP contribution in [0.25, 0.3) is 0 Å². The highest BCUT2D eigenvalue weighted by Gasteiger charge is 2.02. The van der Waals surface area contributed by atoms with Gasteiger partial charge in [0, 0.05) is 5.02 Å². The van der Waals surface area contributed by atoms with Crippen molar-refractivity contribution in [2.24, 2.45) is 0 Å². The van der Waals surface area contributed by atoms with Crippen molar-refractivity contribution in [1.29, 1.82) is 0 Å². The maximum absolute atomic E-state index is 10.4. The summed E-state index contributed by atoms with van der Waals surface area (Å²) in [5.41, 5.74) is 0.742. The first kappa shape index (κ1) is 10.3. The van der Waals surface area contributed by atoms with Crippen LogP contribution in [0.2, 0.25) is 5.02 Å². The lowest BCUT2D eigenvalue weighted by atomic mass is 10.2. The quantitative estimate of drug-likeness (QED) is 0.769. The zero-order valence-corrected chi connectivity index (χ0v) is 8.32. The molecule has 0 spiro atoms. The first-order chi connectivity index (χ1) is 5.90. The van der Waals surface area contributed by atoms with E-state index in [9.17, 15) is 13.0 Å². The Hall–Kier alpha value is -0.780. The van der Waals surface area contributed by atoms with Crippen LogP contribution in [-0.2, 0) is 10.3 Å². The minimum absolute atomic E-state index is 0.211. The molecule has 0 saturated carbocycles. The van der Waals surface area contributed by atoms with Gasteiger partial charge >= 0.3 is 0 Å². The fourth-order valence-electron chi connectivity index (χ4n) is 0.853. The predicted octanol–water partition coefficient (Wildman–Crippen LogP) is 1.52. The molecular weight excluding hydrogens is 214 g/mol. The standard InChI is InChI=1S/C7H8ClNO3S/c1-5-6(8)3-2-4-7(5)9-13(10,11)12/h2-4,9H,1H3,(H,10,11,12)/p-1. The maximum atomic E-state index is 10.4. The van der Waals surface area contributed by atoms with E-state index >= 15 is 0 Å². The van der Waals surface area contributed by atoms with Crippen molar-refractivity contribution in [3.05, 3.63) is 28.8 Å². The average Bonchev–Trinajstić information content (AvgIpc) is 1.96. The predicted molar refractivity (Wildman–Crippen MR) is 49.5 cm³/mol. The first-order valence-electron chi connectivity index (χ1n) is 3.39. The van der Waals surface area contributed by atoms with Gasteiger partial charge in [0.2, 0.25) is 0 Å². The Morgan fingerprint density at radius 1 is 1.46 bits per heavy atom. The van der Waals surface area contributed by atoms with Crippen molar-refractivity contribution in [2.45, 2.75) is 6.92 Å². The Morgan fingerprint density at radius 3 is 2.62 bits per heavy atom. The Morgan fingerprint density at radius 2 is 2.08 bits per heavy atom. The normalized spacial score (nSPS) is 11.3. The number of nitrogens with one attached hydrogen (secondary N) is 1. The van der Waals surface area contributed by atoms with Gasteiger partial charge in [-0.2, -0.15) is 0 Å². The monoisotopic (exact) mass is 220 g/mol. The molecular formula is C7H7ClNO3S-. The van der Waals surface area contributed by atoms with Gasteiger partial charge in [0.1, 0.15) is 0 Å². The molecule has 0 heterocycles. The van der Waals surface area contributed by atoms with Gasteiger partial charge in [-0.3, -0.25) is 4.72 Å². The van der Waals surface area contributed by atoms with E-state index in [0.717, 1.165) is 0 Å². The molecule has 1 rings (SSSR count). The number of rotatable bonds is 2. The molecule has 0 aromatic heterocycles. The molecule has 0 aliphatic heterocycles. The van der Waals surface area contributed by atoms with E-state index in [1.165, 1.54) is 6.07 Å². The van der Waals surface area contributed by atoms with Crippen LogP contribution in [0.1, 0.15) is 5.56 Å². The highest BCUT2D eigenvalue weighted by atomic mass is 35.5. The lowest BCUT2D eigenvalue weighted by molar-refractivity contribution is 0.469. The fourth-order valence-corrected chi connectivity index (χ4v) is 1.52. The zero-order valence-electron chi connectivity index (χ0n) is 6.74.